The normalized spacial score (nSPS) is 16.9. The average molecular weight is 479 g/mol. The van der Waals surface area contributed by atoms with Crippen LogP contribution in [0.1, 0.15) is 29.6 Å². The van der Waals surface area contributed by atoms with Gasteiger partial charge in [-0.05, 0) is 55.7 Å². The molecule has 2 aromatic rings. The zero-order chi connectivity index (χ0) is 22.1. The maximum Gasteiger partial charge on any atom is 0.283 e. The van der Waals surface area contributed by atoms with Gasteiger partial charge in [-0.1, -0.05) is 40.9 Å². The minimum atomic E-state index is -0.699. The Labute approximate surface area is 194 Å². The molecule has 4 rings (SSSR count). The van der Waals surface area contributed by atoms with Crippen molar-refractivity contribution in [1.29, 1.82) is 0 Å². The molecule has 160 valence electrons. The van der Waals surface area contributed by atoms with Gasteiger partial charge in [0.1, 0.15) is 10.7 Å². The van der Waals surface area contributed by atoms with Crippen molar-refractivity contribution in [2.24, 2.45) is 0 Å². The number of amides is 3. The molecule has 0 bridgehead atoms. The number of likely N-dealkylation sites (tertiary alicyclic amines) is 1. The van der Waals surface area contributed by atoms with E-state index in [1.54, 1.807) is 36.4 Å². The number of hydrogen-bond donors (Lipinski definition) is 1. The fourth-order valence-electron chi connectivity index (χ4n) is 3.62. The van der Waals surface area contributed by atoms with Crippen LogP contribution in [0.3, 0.4) is 0 Å². The number of carbonyl (C=O) groups excluding carboxylic acids is 3. The minimum Gasteiger partial charge on any atom is -0.350 e. The lowest BCUT2D eigenvalue weighted by atomic mass is 10.1. The molecule has 3 amide bonds. The summed E-state index contributed by atoms with van der Waals surface area (Å²) in [4.78, 5) is 40.9. The average Bonchev–Trinajstić information content (AvgIpc) is 2.99. The van der Waals surface area contributed by atoms with Gasteiger partial charge in [0.25, 0.3) is 17.7 Å². The summed E-state index contributed by atoms with van der Waals surface area (Å²) in [6.45, 7) is 1.53. The van der Waals surface area contributed by atoms with Gasteiger partial charge in [-0.25, -0.2) is 4.90 Å². The molecule has 0 spiro atoms. The van der Waals surface area contributed by atoms with Crippen molar-refractivity contribution in [3.63, 3.8) is 0 Å². The molecule has 0 aliphatic carbocycles. The summed E-state index contributed by atoms with van der Waals surface area (Å²) >= 11 is 18.3. The highest BCUT2D eigenvalue weighted by Gasteiger charge is 2.40. The number of hydrogen-bond acceptors (Lipinski definition) is 4. The molecule has 0 aromatic heterocycles. The second-order valence-electron chi connectivity index (χ2n) is 7.26. The smallest absolute Gasteiger partial charge is 0.283 e. The molecular weight excluding hydrogens is 461 g/mol. The number of nitrogens with zero attached hydrogens (tertiary/aromatic N) is 2. The van der Waals surface area contributed by atoms with Crippen LogP contribution in [-0.4, -0.2) is 35.7 Å². The molecule has 2 aromatic carbocycles. The van der Waals surface area contributed by atoms with Crippen molar-refractivity contribution in [2.75, 3.05) is 23.3 Å². The lowest BCUT2D eigenvalue weighted by Gasteiger charge is -2.26. The highest BCUT2D eigenvalue weighted by Crippen LogP contribution is 2.37. The third-order valence-corrected chi connectivity index (χ3v) is 6.40. The zero-order valence-corrected chi connectivity index (χ0v) is 18.6. The SMILES string of the molecule is O=C(c1ccc(NC2=C(Cl)C(=O)N(c3cccc(Cl)c3Cl)C2=O)cc1)N1CCCCC1. The molecule has 0 unspecified atom stereocenters. The molecule has 2 aliphatic heterocycles. The summed E-state index contributed by atoms with van der Waals surface area (Å²) in [6.07, 6.45) is 3.18. The van der Waals surface area contributed by atoms with Crippen LogP contribution < -0.4 is 10.2 Å². The number of halogens is 3. The lowest BCUT2D eigenvalue weighted by Crippen LogP contribution is -2.35. The van der Waals surface area contributed by atoms with E-state index in [0.29, 0.717) is 11.3 Å². The van der Waals surface area contributed by atoms with Crippen molar-refractivity contribution in [3.05, 3.63) is 68.8 Å². The van der Waals surface area contributed by atoms with Crippen molar-refractivity contribution >= 4 is 63.9 Å². The highest BCUT2D eigenvalue weighted by atomic mass is 35.5. The van der Waals surface area contributed by atoms with Crippen LogP contribution in [0.15, 0.2) is 53.2 Å². The first-order chi connectivity index (χ1) is 14.9. The molecular formula is C22H18Cl3N3O3. The summed E-state index contributed by atoms with van der Waals surface area (Å²) in [5, 5.41) is 2.92. The van der Waals surface area contributed by atoms with E-state index in [9.17, 15) is 14.4 Å². The van der Waals surface area contributed by atoms with E-state index in [-0.39, 0.29) is 32.4 Å². The molecule has 2 aliphatic rings. The monoisotopic (exact) mass is 477 g/mol. The largest absolute Gasteiger partial charge is 0.350 e. The van der Waals surface area contributed by atoms with Crippen LogP contribution in [0, 0.1) is 0 Å². The summed E-state index contributed by atoms with van der Waals surface area (Å²) in [6, 6.07) is 11.3. The first kappa shape index (κ1) is 21.7. The third kappa shape index (κ3) is 4.15. The van der Waals surface area contributed by atoms with Gasteiger partial charge in [0.15, 0.2) is 0 Å². The maximum absolute atomic E-state index is 12.9. The van der Waals surface area contributed by atoms with Crippen LogP contribution in [0.25, 0.3) is 0 Å². The van der Waals surface area contributed by atoms with E-state index in [1.165, 1.54) is 6.07 Å². The van der Waals surface area contributed by atoms with Gasteiger partial charge in [-0.3, -0.25) is 14.4 Å². The van der Waals surface area contributed by atoms with E-state index in [4.69, 9.17) is 34.8 Å². The molecule has 0 radical (unpaired) electrons. The zero-order valence-electron chi connectivity index (χ0n) is 16.3. The fourth-order valence-corrected chi connectivity index (χ4v) is 4.21. The molecule has 9 heteroatoms. The number of nitrogens with one attached hydrogen (secondary N) is 1. The first-order valence-corrected chi connectivity index (χ1v) is 10.9. The Bertz CT molecular complexity index is 1090. The van der Waals surface area contributed by atoms with Crippen LogP contribution in [0.4, 0.5) is 11.4 Å². The Morgan fingerprint density at radius 2 is 1.55 bits per heavy atom. The second-order valence-corrected chi connectivity index (χ2v) is 8.43. The van der Waals surface area contributed by atoms with Gasteiger partial charge in [0.2, 0.25) is 0 Å². The number of rotatable bonds is 4. The first-order valence-electron chi connectivity index (χ1n) is 9.77. The van der Waals surface area contributed by atoms with E-state index < -0.39 is 11.8 Å². The predicted octanol–water partition coefficient (Wildman–Crippen LogP) is 5.06. The Morgan fingerprint density at radius 3 is 2.23 bits per heavy atom. The van der Waals surface area contributed by atoms with Crippen LogP contribution in [0.5, 0.6) is 0 Å². The van der Waals surface area contributed by atoms with Gasteiger partial charge in [-0.15, -0.1) is 0 Å². The predicted molar refractivity (Wildman–Crippen MR) is 122 cm³/mol. The summed E-state index contributed by atoms with van der Waals surface area (Å²) in [5.41, 5.74) is 1.16. The number of anilines is 2. The summed E-state index contributed by atoms with van der Waals surface area (Å²) < 4.78 is 0. The highest BCUT2D eigenvalue weighted by molar-refractivity contribution is 6.54. The van der Waals surface area contributed by atoms with Gasteiger partial charge in [0.05, 0.1) is 15.7 Å². The quantitative estimate of drug-likeness (QED) is 0.624. The number of benzene rings is 2. The van der Waals surface area contributed by atoms with Gasteiger partial charge >= 0.3 is 0 Å². The van der Waals surface area contributed by atoms with Crippen LogP contribution in [0.2, 0.25) is 10.0 Å². The Kier molecular flexibility index (Phi) is 6.23. The number of carbonyl (C=O) groups is 3. The van der Waals surface area contributed by atoms with Crippen molar-refractivity contribution in [1.82, 2.24) is 4.90 Å². The maximum atomic E-state index is 12.9. The fraction of sp³-hybridized carbons (Fsp3) is 0.227. The molecule has 0 atom stereocenters. The molecule has 2 heterocycles. The number of piperidine rings is 1. The Balaban J connectivity index is 1.52. The standard InChI is InChI=1S/C22H18Cl3N3O3/c23-15-5-4-6-16(17(15)24)28-21(30)18(25)19(22(28)31)26-14-9-7-13(8-10-14)20(29)27-11-2-1-3-12-27/h4-10,26H,1-3,11-12H2. The van der Waals surface area contributed by atoms with Crippen molar-refractivity contribution in [3.8, 4) is 0 Å². The molecule has 1 saturated heterocycles. The van der Waals surface area contributed by atoms with Crippen LogP contribution >= 0.6 is 34.8 Å². The van der Waals surface area contributed by atoms with Crippen LogP contribution in [-0.2, 0) is 9.59 Å². The second kappa shape index (κ2) is 8.91. The van der Waals surface area contributed by atoms with E-state index in [0.717, 1.165) is 37.3 Å². The molecule has 31 heavy (non-hydrogen) atoms. The van der Waals surface area contributed by atoms with E-state index in [1.807, 2.05) is 4.90 Å². The molecule has 6 nitrogen and oxygen atoms in total. The topological polar surface area (TPSA) is 69.7 Å². The Morgan fingerprint density at radius 1 is 0.871 bits per heavy atom. The molecule has 0 saturated carbocycles. The third-order valence-electron chi connectivity index (χ3n) is 5.24. The summed E-state index contributed by atoms with van der Waals surface area (Å²) in [7, 11) is 0. The number of imide groups is 1. The van der Waals surface area contributed by atoms with Crippen molar-refractivity contribution in [2.45, 2.75) is 19.3 Å². The summed E-state index contributed by atoms with van der Waals surface area (Å²) in [5.74, 6) is -1.36. The Hall–Kier alpha value is -2.54. The van der Waals surface area contributed by atoms with E-state index in [2.05, 4.69) is 5.32 Å². The van der Waals surface area contributed by atoms with Crippen molar-refractivity contribution < 1.29 is 14.4 Å². The molecule has 1 fully saturated rings. The van der Waals surface area contributed by atoms with Gasteiger partial charge in [-0.2, -0.15) is 0 Å². The van der Waals surface area contributed by atoms with Gasteiger partial charge in [0, 0.05) is 24.3 Å². The van der Waals surface area contributed by atoms with Gasteiger partial charge < -0.3 is 10.2 Å². The molecule has 1 N–H and O–H groups in total. The van der Waals surface area contributed by atoms with E-state index >= 15 is 0 Å². The lowest BCUT2D eigenvalue weighted by molar-refractivity contribution is -0.120. The minimum absolute atomic E-state index is 0.0163.